The van der Waals surface area contributed by atoms with E-state index < -0.39 is 5.97 Å². The van der Waals surface area contributed by atoms with Crippen LogP contribution in [0, 0.1) is 0 Å². The van der Waals surface area contributed by atoms with E-state index in [4.69, 9.17) is 4.74 Å². The summed E-state index contributed by atoms with van der Waals surface area (Å²) < 4.78 is 4.84. The van der Waals surface area contributed by atoms with Gasteiger partial charge in [-0.15, -0.1) is 0 Å². The molecule has 0 radical (unpaired) electrons. The molecule has 1 aromatic rings. The Kier molecular flexibility index (Phi) is 6.15. The van der Waals surface area contributed by atoms with Gasteiger partial charge in [0.2, 0.25) is 0 Å². The van der Waals surface area contributed by atoms with Gasteiger partial charge in [-0.2, -0.15) is 0 Å². The van der Waals surface area contributed by atoms with Crippen LogP contribution in [0.25, 0.3) is 0 Å². The van der Waals surface area contributed by atoms with Gasteiger partial charge in [-0.1, -0.05) is 36.9 Å². The van der Waals surface area contributed by atoms with Crippen molar-refractivity contribution in [3.63, 3.8) is 0 Å². The molecule has 0 atom stereocenters. The third-order valence-electron chi connectivity index (χ3n) is 2.27. The highest BCUT2D eigenvalue weighted by atomic mass is 16.5. The number of carbonyl (C=O) groups excluding carboxylic acids is 2. The fraction of sp³-hybridized carbons (Fsp3) is 0.286. The maximum absolute atomic E-state index is 11.4. The zero-order valence-electron chi connectivity index (χ0n) is 10.9. The van der Waals surface area contributed by atoms with E-state index in [0.717, 1.165) is 5.56 Å². The summed E-state index contributed by atoms with van der Waals surface area (Å²) in [7, 11) is 0. The molecule has 0 heterocycles. The highest BCUT2D eigenvalue weighted by Gasteiger charge is 2.03. The van der Waals surface area contributed by atoms with Crippen LogP contribution in [-0.4, -0.2) is 25.2 Å². The van der Waals surface area contributed by atoms with Crippen LogP contribution < -0.4 is 10.6 Å². The third kappa shape index (κ3) is 6.26. The maximum Gasteiger partial charge on any atom is 0.333 e. The summed E-state index contributed by atoms with van der Waals surface area (Å²) in [6.45, 7) is 5.88. The lowest BCUT2D eigenvalue weighted by molar-refractivity contribution is -0.138. The quantitative estimate of drug-likeness (QED) is 0.465. The molecule has 102 valence electrons. The summed E-state index contributed by atoms with van der Waals surface area (Å²) >= 11 is 0. The molecule has 0 saturated heterocycles. The number of amides is 2. The van der Waals surface area contributed by atoms with Gasteiger partial charge >= 0.3 is 12.0 Å². The zero-order valence-corrected chi connectivity index (χ0v) is 10.9. The highest BCUT2D eigenvalue weighted by molar-refractivity contribution is 5.86. The second kappa shape index (κ2) is 7.92. The molecule has 2 amide bonds. The van der Waals surface area contributed by atoms with Crippen molar-refractivity contribution in [1.82, 2.24) is 10.6 Å². The molecule has 0 aliphatic heterocycles. The van der Waals surface area contributed by atoms with Crippen LogP contribution in [0.3, 0.4) is 0 Å². The highest BCUT2D eigenvalue weighted by Crippen LogP contribution is 1.96. The van der Waals surface area contributed by atoms with Crippen molar-refractivity contribution in [2.24, 2.45) is 0 Å². The average Bonchev–Trinajstić information content (AvgIpc) is 2.42. The van der Waals surface area contributed by atoms with Crippen molar-refractivity contribution in [3.05, 3.63) is 48.0 Å². The average molecular weight is 262 g/mol. The van der Waals surface area contributed by atoms with Gasteiger partial charge in [-0.3, -0.25) is 0 Å². The Bertz CT molecular complexity index is 443. The van der Waals surface area contributed by atoms with Crippen molar-refractivity contribution in [2.75, 3.05) is 13.2 Å². The van der Waals surface area contributed by atoms with Crippen molar-refractivity contribution < 1.29 is 14.3 Å². The van der Waals surface area contributed by atoms with Crippen LogP contribution in [0.15, 0.2) is 42.5 Å². The van der Waals surface area contributed by atoms with Crippen LogP contribution in [0.4, 0.5) is 4.79 Å². The summed E-state index contributed by atoms with van der Waals surface area (Å²) in [5, 5.41) is 5.29. The fourth-order valence-electron chi connectivity index (χ4n) is 1.27. The van der Waals surface area contributed by atoms with Gasteiger partial charge in [0.25, 0.3) is 0 Å². The molecule has 0 spiro atoms. The second-order valence-corrected chi connectivity index (χ2v) is 4.01. The van der Waals surface area contributed by atoms with Gasteiger partial charge in [-0.25, -0.2) is 9.59 Å². The Morgan fingerprint density at radius 2 is 1.89 bits per heavy atom. The van der Waals surface area contributed by atoms with E-state index in [1.165, 1.54) is 0 Å². The Labute approximate surface area is 112 Å². The summed E-state index contributed by atoms with van der Waals surface area (Å²) in [5.41, 5.74) is 1.36. The molecule has 0 bridgehead atoms. The lowest BCUT2D eigenvalue weighted by atomic mass is 10.2. The molecule has 0 fully saturated rings. The number of ether oxygens (including phenoxy) is 1. The molecule has 5 heteroatoms. The molecule has 2 N–H and O–H groups in total. The van der Waals surface area contributed by atoms with E-state index in [9.17, 15) is 9.59 Å². The van der Waals surface area contributed by atoms with E-state index in [2.05, 4.69) is 17.2 Å². The number of hydrogen-bond acceptors (Lipinski definition) is 3. The summed E-state index contributed by atoms with van der Waals surface area (Å²) in [4.78, 5) is 22.5. The molecule has 0 unspecified atom stereocenters. The predicted molar refractivity (Wildman–Crippen MR) is 72.5 cm³/mol. The second-order valence-electron chi connectivity index (χ2n) is 4.01. The van der Waals surface area contributed by atoms with Crippen molar-refractivity contribution in [2.45, 2.75) is 13.5 Å². The lowest BCUT2D eigenvalue weighted by Gasteiger charge is -2.08. The largest absolute Gasteiger partial charge is 0.460 e. The number of nitrogens with one attached hydrogen (secondary N) is 2. The minimum absolute atomic E-state index is 0.129. The van der Waals surface area contributed by atoms with Crippen molar-refractivity contribution >= 4 is 12.0 Å². The molecule has 19 heavy (non-hydrogen) atoms. The smallest absolute Gasteiger partial charge is 0.333 e. The molecule has 0 aromatic heterocycles. The first-order valence-electron chi connectivity index (χ1n) is 5.98. The van der Waals surface area contributed by atoms with Crippen LogP contribution in [0.5, 0.6) is 0 Å². The number of urea groups is 1. The van der Waals surface area contributed by atoms with Crippen molar-refractivity contribution in [3.8, 4) is 0 Å². The summed E-state index contributed by atoms with van der Waals surface area (Å²) in [6.07, 6.45) is 0. The fourth-order valence-corrected chi connectivity index (χ4v) is 1.27. The Balaban J connectivity index is 2.12. The van der Waals surface area contributed by atoms with Crippen LogP contribution >= 0.6 is 0 Å². The van der Waals surface area contributed by atoms with Gasteiger partial charge in [0.15, 0.2) is 0 Å². The van der Waals surface area contributed by atoms with E-state index >= 15 is 0 Å². The number of carbonyl (C=O) groups is 2. The number of hydrogen-bond donors (Lipinski definition) is 2. The van der Waals surface area contributed by atoms with Gasteiger partial charge < -0.3 is 15.4 Å². The molecule has 0 aliphatic rings. The monoisotopic (exact) mass is 262 g/mol. The number of benzene rings is 1. The molecule has 0 aliphatic carbocycles. The van der Waals surface area contributed by atoms with E-state index in [1.54, 1.807) is 6.92 Å². The molecule has 5 nitrogen and oxygen atoms in total. The zero-order chi connectivity index (χ0) is 14.1. The van der Waals surface area contributed by atoms with E-state index in [-0.39, 0.29) is 19.2 Å². The van der Waals surface area contributed by atoms with Crippen LogP contribution in [-0.2, 0) is 16.1 Å². The Morgan fingerprint density at radius 1 is 1.21 bits per heavy atom. The first-order chi connectivity index (χ1) is 9.09. The molecular formula is C14H18N2O3. The molecule has 1 aromatic carbocycles. The summed E-state index contributed by atoms with van der Waals surface area (Å²) in [5.74, 6) is -0.452. The first kappa shape index (κ1) is 14.8. The topological polar surface area (TPSA) is 67.4 Å². The third-order valence-corrected chi connectivity index (χ3v) is 2.27. The number of esters is 1. The normalized spacial score (nSPS) is 9.53. The minimum atomic E-state index is -0.452. The molecule has 0 saturated carbocycles. The Hall–Kier alpha value is -2.30. The molecule has 1 rings (SSSR count). The van der Waals surface area contributed by atoms with Gasteiger partial charge in [0.05, 0.1) is 6.54 Å². The standard InChI is InChI=1S/C14H18N2O3/c1-11(2)13(17)19-9-8-15-14(18)16-10-12-6-4-3-5-7-12/h3-7H,1,8-10H2,2H3,(H2,15,16,18). The summed E-state index contributed by atoms with van der Waals surface area (Å²) in [6, 6.07) is 9.29. The minimum Gasteiger partial charge on any atom is -0.460 e. The van der Waals surface area contributed by atoms with Crippen LogP contribution in [0.2, 0.25) is 0 Å². The SMILES string of the molecule is C=C(C)C(=O)OCCNC(=O)NCc1ccccc1. The maximum atomic E-state index is 11.4. The van der Waals surface area contributed by atoms with E-state index in [1.807, 2.05) is 30.3 Å². The van der Waals surface area contributed by atoms with Gasteiger partial charge in [0.1, 0.15) is 6.61 Å². The van der Waals surface area contributed by atoms with E-state index in [0.29, 0.717) is 12.1 Å². The molecular weight excluding hydrogens is 244 g/mol. The van der Waals surface area contributed by atoms with Gasteiger partial charge in [-0.05, 0) is 12.5 Å². The Morgan fingerprint density at radius 3 is 2.53 bits per heavy atom. The van der Waals surface area contributed by atoms with Crippen LogP contribution in [0.1, 0.15) is 12.5 Å². The van der Waals surface area contributed by atoms with Crippen molar-refractivity contribution in [1.29, 1.82) is 0 Å². The number of rotatable bonds is 6. The lowest BCUT2D eigenvalue weighted by Crippen LogP contribution is -2.37. The predicted octanol–water partition coefficient (Wildman–Crippen LogP) is 1.61. The van der Waals surface area contributed by atoms with Gasteiger partial charge in [0, 0.05) is 12.1 Å². The first-order valence-corrected chi connectivity index (χ1v) is 5.98.